The molecule has 0 bridgehead atoms. The fraction of sp³-hybridized carbons (Fsp3) is 0.514. The van der Waals surface area contributed by atoms with Crippen molar-refractivity contribution in [3.05, 3.63) is 59.1 Å². The summed E-state index contributed by atoms with van der Waals surface area (Å²) in [6, 6.07) is 16.5. The maximum atomic E-state index is 12.8. The molecule has 0 aliphatic carbocycles. The minimum absolute atomic E-state index is 0.0213. The summed E-state index contributed by atoms with van der Waals surface area (Å²) in [5, 5.41) is 16.6. The number of benzene rings is 2. The van der Waals surface area contributed by atoms with Crippen LogP contribution in [0.2, 0.25) is 5.02 Å². The van der Waals surface area contributed by atoms with Gasteiger partial charge in [0.15, 0.2) is 5.82 Å². The molecule has 3 N–H and O–H groups in total. The van der Waals surface area contributed by atoms with Crippen LogP contribution in [0.3, 0.4) is 0 Å². The maximum absolute atomic E-state index is 12.8. The van der Waals surface area contributed by atoms with E-state index in [1.54, 1.807) is 6.07 Å². The zero-order valence-corrected chi connectivity index (χ0v) is 28.1. The summed E-state index contributed by atoms with van der Waals surface area (Å²) in [5.74, 6) is 1.44. The predicted molar refractivity (Wildman–Crippen MR) is 184 cm³/mol. The Morgan fingerprint density at radius 3 is 2.38 bits per heavy atom. The first kappa shape index (κ1) is 34.8. The highest BCUT2D eigenvalue weighted by atomic mass is 35.5. The first-order valence-corrected chi connectivity index (χ1v) is 16.6. The molecule has 2 aliphatic heterocycles. The van der Waals surface area contributed by atoms with Crippen molar-refractivity contribution in [3.63, 3.8) is 0 Å². The number of hydrogen-bond donors (Lipinski definition) is 3. The van der Waals surface area contributed by atoms with Crippen molar-refractivity contribution < 1.29 is 14.6 Å². The Morgan fingerprint density at radius 1 is 1.04 bits per heavy atom. The van der Waals surface area contributed by atoms with Gasteiger partial charge in [0.1, 0.15) is 5.82 Å². The lowest BCUT2D eigenvalue weighted by atomic mass is 9.97. The minimum atomic E-state index is -0.153. The number of carbonyl (C=O) groups is 1. The number of hydrogen-bond acceptors (Lipinski definition) is 8. The largest absolute Gasteiger partial charge is 0.392 e. The Labute approximate surface area is 273 Å². The smallest absolute Gasteiger partial charge is 0.227 e. The summed E-state index contributed by atoms with van der Waals surface area (Å²) < 4.78 is 5.53. The van der Waals surface area contributed by atoms with Crippen LogP contribution in [0, 0.1) is 5.92 Å². The van der Waals surface area contributed by atoms with Gasteiger partial charge in [-0.1, -0.05) is 36.7 Å². The summed E-state index contributed by atoms with van der Waals surface area (Å²) in [5.41, 5.74) is 3.76. The number of aliphatic hydroxyl groups excluding tert-OH is 1. The fourth-order valence-corrected chi connectivity index (χ4v) is 6.09. The van der Waals surface area contributed by atoms with Crippen LogP contribution in [-0.4, -0.2) is 83.9 Å². The molecule has 2 fully saturated rings. The molecule has 0 atom stereocenters. The van der Waals surface area contributed by atoms with E-state index >= 15 is 0 Å². The standard InChI is InChI=1S/C27H30ClN5O3.C8H19N/c28-23-5-4-19(14-21(23)17-34)24-16-25(33-10-12-36-13-11-33)32-26(31-24)20-2-1-3-22(15-20)30-27(35)18-6-8-29-9-7-18;1-6-9(7(2)3)8(4)5/h1-5,14-16,18,29,34H,6-13,17H2,(H,30,35);7-8H,6H2,1-5H3. The first-order valence-electron chi connectivity index (χ1n) is 16.2. The molecule has 2 aromatic carbocycles. The van der Waals surface area contributed by atoms with Gasteiger partial charge in [-0.05, 0) is 90.0 Å². The third-order valence-corrected chi connectivity index (χ3v) is 8.72. The van der Waals surface area contributed by atoms with Gasteiger partial charge in [-0.3, -0.25) is 9.69 Å². The molecule has 2 saturated heterocycles. The van der Waals surface area contributed by atoms with E-state index in [0.29, 0.717) is 41.7 Å². The average Bonchev–Trinajstić information content (AvgIpc) is 3.06. The van der Waals surface area contributed by atoms with Crippen molar-refractivity contribution in [1.29, 1.82) is 0 Å². The van der Waals surface area contributed by atoms with Gasteiger partial charge in [0.05, 0.1) is 25.5 Å². The van der Waals surface area contributed by atoms with E-state index in [9.17, 15) is 9.90 Å². The van der Waals surface area contributed by atoms with Crippen molar-refractivity contribution in [3.8, 4) is 22.6 Å². The Bertz CT molecular complexity index is 1380. The molecule has 0 spiro atoms. The van der Waals surface area contributed by atoms with E-state index < -0.39 is 0 Å². The molecule has 0 unspecified atom stereocenters. The van der Waals surface area contributed by atoms with Crippen LogP contribution in [0.4, 0.5) is 11.5 Å². The van der Waals surface area contributed by atoms with Gasteiger partial charge in [0.2, 0.25) is 5.91 Å². The van der Waals surface area contributed by atoms with Gasteiger partial charge >= 0.3 is 0 Å². The Morgan fingerprint density at radius 2 is 1.76 bits per heavy atom. The zero-order valence-electron chi connectivity index (χ0n) is 27.4. The lowest BCUT2D eigenvalue weighted by molar-refractivity contribution is -0.120. The topological polar surface area (TPSA) is 103 Å². The van der Waals surface area contributed by atoms with E-state index in [2.05, 4.69) is 55.1 Å². The summed E-state index contributed by atoms with van der Waals surface area (Å²) in [6.07, 6.45) is 1.69. The van der Waals surface area contributed by atoms with Crippen LogP contribution >= 0.6 is 11.6 Å². The van der Waals surface area contributed by atoms with Crippen LogP contribution in [0.1, 0.15) is 53.0 Å². The number of aliphatic hydroxyl groups is 1. The fourth-order valence-electron chi connectivity index (χ4n) is 5.91. The first-order chi connectivity index (χ1) is 21.7. The average molecular weight is 637 g/mol. The van der Waals surface area contributed by atoms with Crippen LogP contribution in [0.25, 0.3) is 22.6 Å². The number of anilines is 2. The molecule has 3 aromatic rings. The molecule has 45 heavy (non-hydrogen) atoms. The minimum Gasteiger partial charge on any atom is -0.392 e. The molecule has 244 valence electrons. The molecule has 0 radical (unpaired) electrons. The Kier molecular flexibility index (Phi) is 13.1. The Balaban J connectivity index is 0.000000448. The lowest BCUT2D eigenvalue weighted by Crippen LogP contribution is -2.36. The van der Waals surface area contributed by atoms with Crippen LogP contribution < -0.4 is 15.5 Å². The third kappa shape index (κ3) is 9.70. The molecule has 10 heteroatoms. The number of aromatic nitrogens is 2. The van der Waals surface area contributed by atoms with Crippen molar-refractivity contribution in [1.82, 2.24) is 20.2 Å². The number of ether oxygens (including phenoxy) is 1. The number of amides is 1. The van der Waals surface area contributed by atoms with Crippen molar-refractivity contribution >= 4 is 29.0 Å². The normalized spacial score (nSPS) is 15.7. The summed E-state index contributed by atoms with van der Waals surface area (Å²) in [4.78, 5) is 27.2. The molecule has 3 heterocycles. The quantitative estimate of drug-likeness (QED) is 0.269. The lowest BCUT2D eigenvalue weighted by Gasteiger charge is -2.28. The summed E-state index contributed by atoms with van der Waals surface area (Å²) in [7, 11) is 0. The highest BCUT2D eigenvalue weighted by Gasteiger charge is 2.22. The second-order valence-corrected chi connectivity index (χ2v) is 12.5. The van der Waals surface area contributed by atoms with Gasteiger partial charge in [-0.2, -0.15) is 0 Å². The highest BCUT2D eigenvalue weighted by Crippen LogP contribution is 2.30. The van der Waals surface area contributed by atoms with E-state index in [-0.39, 0.29) is 18.4 Å². The number of nitrogens with one attached hydrogen (secondary N) is 2. The molecule has 2 aliphatic rings. The van der Waals surface area contributed by atoms with Crippen molar-refractivity contribution in [2.45, 2.75) is 66.2 Å². The third-order valence-electron chi connectivity index (χ3n) is 8.35. The number of piperidine rings is 1. The molecule has 1 aromatic heterocycles. The molecule has 5 rings (SSSR count). The van der Waals surface area contributed by atoms with E-state index in [4.69, 9.17) is 26.3 Å². The van der Waals surface area contributed by atoms with Gasteiger partial charge in [0, 0.05) is 59.0 Å². The van der Waals surface area contributed by atoms with Gasteiger partial charge in [0.25, 0.3) is 0 Å². The molecule has 1 amide bonds. The molecular weight excluding hydrogens is 588 g/mol. The van der Waals surface area contributed by atoms with E-state index in [1.165, 1.54) is 0 Å². The van der Waals surface area contributed by atoms with Gasteiger partial charge in [-0.25, -0.2) is 9.97 Å². The van der Waals surface area contributed by atoms with E-state index in [0.717, 1.165) is 73.9 Å². The number of halogens is 1. The Hall–Kier alpha value is -3.08. The number of nitrogens with zero attached hydrogens (tertiary/aromatic N) is 4. The van der Waals surface area contributed by atoms with Crippen molar-refractivity contribution in [2.24, 2.45) is 5.92 Å². The van der Waals surface area contributed by atoms with E-state index in [1.807, 2.05) is 42.5 Å². The van der Waals surface area contributed by atoms with Crippen LogP contribution in [0.15, 0.2) is 48.5 Å². The van der Waals surface area contributed by atoms with Crippen LogP contribution in [-0.2, 0) is 16.1 Å². The second kappa shape index (κ2) is 17.0. The zero-order chi connectivity index (χ0) is 32.3. The van der Waals surface area contributed by atoms with Gasteiger partial charge < -0.3 is 25.4 Å². The maximum Gasteiger partial charge on any atom is 0.227 e. The molecule has 0 saturated carbocycles. The van der Waals surface area contributed by atoms with Gasteiger partial charge in [-0.15, -0.1) is 0 Å². The highest BCUT2D eigenvalue weighted by molar-refractivity contribution is 6.31. The number of rotatable bonds is 9. The predicted octanol–water partition coefficient (Wildman–Crippen LogP) is 5.86. The number of morpholine rings is 1. The number of carbonyl (C=O) groups excluding carboxylic acids is 1. The van der Waals surface area contributed by atoms with Crippen molar-refractivity contribution in [2.75, 3.05) is 56.2 Å². The summed E-state index contributed by atoms with van der Waals surface area (Å²) >= 11 is 6.23. The SMILES string of the molecule is CCN(C(C)C)C(C)C.O=C(Nc1cccc(-c2nc(-c3ccc(Cl)c(CO)c3)cc(N3CCOCC3)n2)c1)C1CCNCC1. The van der Waals surface area contributed by atoms with Crippen LogP contribution in [0.5, 0.6) is 0 Å². The molecule has 9 nitrogen and oxygen atoms in total. The summed E-state index contributed by atoms with van der Waals surface area (Å²) in [6.45, 7) is 16.7. The second-order valence-electron chi connectivity index (χ2n) is 12.1. The monoisotopic (exact) mass is 636 g/mol. The molecular formula is C35H49ClN6O3.